The van der Waals surface area contributed by atoms with Gasteiger partial charge in [-0.25, -0.2) is 0 Å². The third-order valence-corrected chi connectivity index (χ3v) is 2.95. The lowest BCUT2D eigenvalue weighted by Crippen LogP contribution is -2.43. The second-order valence-corrected chi connectivity index (χ2v) is 3.64. The van der Waals surface area contributed by atoms with Gasteiger partial charge in [0.2, 0.25) is 0 Å². The fraction of sp³-hybridized carbons (Fsp3) is 0.700. The summed E-state index contributed by atoms with van der Waals surface area (Å²) in [5.41, 5.74) is 5.44. The molecule has 3 heteroatoms. The molecule has 2 atom stereocenters. The van der Waals surface area contributed by atoms with Gasteiger partial charge in [0.15, 0.2) is 0 Å². The minimum Gasteiger partial charge on any atom is -0.469 e. The molecule has 0 aliphatic heterocycles. The standard InChI is InChI=1S/C10H17NO2/c1-3-6-10(9(12)13-2)7-4-5-8(10)11/h3,8H,1,4-7,11H2,2H3/t8-,10+/m0/s1. The second-order valence-electron chi connectivity index (χ2n) is 3.64. The Hall–Kier alpha value is -0.830. The van der Waals surface area contributed by atoms with Gasteiger partial charge < -0.3 is 10.5 Å². The van der Waals surface area contributed by atoms with Crippen LogP contribution < -0.4 is 5.73 Å². The summed E-state index contributed by atoms with van der Waals surface area (Å²) >= 11 is 0. The lowest BCUT2D eigenvalue weighted by Gasteiger charge is -2.29. The van der Waals surface area contributed by atoms with Gasteiger partial charge >= 0.3 is 5.97 Å². The Morgan fingerprint density at radius 3 is 2.92 bits per heavy atom. The molecule has 0 bridgehead atoms. The lowest BCUT2D eigenvalue weighted by atomic mass is 9.79. The molecule has 74 valence electrons. The number of nitrogens with two attached hydrogens (primary N) is 1. The summed E-state index contributed by atoms with van der Waals surface area (Å²) in [5.74, 6) is -0.183. The van der Waals surface area contributed by atoms with E-state index in [1.807, 2.05) is 0 Å². The minimum atomic E-state index is -0.490. The van der Waals surface area contributed by atoms with Crippen LogP contribution in [-0.4, -0.2) is 19.1 Å². The molecule has 0 spiro atoms. The van der Waals surface area contributed by atoms with Crippen LogP contribution >= 0.6 is 0 Å². The number of carbonyl (C=O) groups excluding carboxylic acids is 1. The highest BCUT2D eigenvalue weighted by molar-refractivity contribution is 5.78. The highest BCUT2D eigenvalue weighted by Crippen LogP contribution is 2.41. The SMILES string of the molecule is C=CC[C@@]1(C(=O)OC)CCC[C@@H]1N. The van der Waals surface area contributed by atoms with Crippen LogP contribution in [0.3, 0.4) is 0 Å². The van der Waals surface area contributed by atoms with Crippen LogP contribution in [0.5, 0.6) is 0 Å². The maximum atomic E-state index is 11.6. The molecule has 0 aromatic heterocycles. The van der Waals surface area contributed by atoms with Crippen molar-refractivity contribution in [2.75, 3.05) is 7.11 Å². The quantitative estimate of drug-likeness (QED) is 0.529. The molecule has 1 rings (SSSR count). The molecule has 0 saturated heterocycles. The van der Waals surface area contributed by atoms with E-state index in [1.165, 1.54) is 7.11 Å². The van der Waals surface area contributed by atoms with E-state index in [0.29, 0.717) is 6.42 Å². The summed E-state index contributed by atoms with van der Waals surface area (Å²) in [5, 5.41) is 0. The summed E-state index contributed by atoms with van der Waals surface area (Å²) in [4.78, 5) is 11.6. The number of carbonyl (C=O) groups is 1. The Balaban J connectivity index is 2.85. The van der Waals surface area contributed by atoms with E-state index in [1.54, 1.807) is 6.08 Å². The van der Waals surface area contributed by atoms with Crippen LogP contribution in [0, 0.1) is 5.41 Å². The summed E-state index contributed by atoms with van der Waals surface area (Å²) in [6.45, 7) is 3.66. The Labute approximate surface area is 78.9 Å². The lowest BCUT2D eigenvalue weighted by molar-refractivity contribution is -0.153. The molecule has 13 heavy (non-hydrogen) atoms. The number of hydrogen-bond acceptors (Lipinski definition) is 3. The monoisotopic (exact) mass is 183 g/mol. The van der Waals surface area contributed by atoms with Crippen LogP contribution in [0.2, 0.25) is 0 Å². The van der Waals surface area contributed by atoms with Gasteiger partial charge in [-0.15, -0.1) is 6.58 Å². The van der Waals surface area contributed by atoms with E-state index < -0.39 is 5.41 Å². The fourth-order valence-corrected chi connectivity index (χ4v) is 2.15. The van der Waals surface area contributed by atoms with Gasteiger partial charge in [-0.2, -0.15) is 0 Å². The van der Waals surface area contributed by atoms with Gasteiger partial charge in [0, 0.05) is 6.04 Å². The highest BCUT2D eigenvalue weighted by Gasteiger charge is 2.47. The van der Waals surface area contributed by atoms with Crippen molar-refractivity contribution in [3.05, 3.63) is 12.7 Å². The van der Waals surface area contributed by atoms with Gasteiger partial charge in [-0.3, -0.25) is 4.79 Å². The Kier molecular flexibility index (Phi) is 3.09. The first-order valence-electron chi connectivity index (χ1n) is 4.62. The maximum Gasteiger partial charge on any atom is 0.313 e. The molecule has 0 unspecified atom stereocenters. The highest BCUT2D eigenvalue weighted by atomic mass is 16.5. The third-order valence-electron chi connectivity index (χ3n) is 2.95. The molecule has 3 nitrogen and oxygen atoms in total. The summed E-state index contributed by atoms with van der Waals surface area (Å²) < 4.78 is 4.79. The van der Waals surface area contributed by atoms with E-state index in [0.717, 1.165) is 19.3 Å². The smallest absolute Gasteiger partial charge is 0.313 e. The first-order chi connectivity index (χ1) is 6.17. The number of rotatable bonds is 3. The number of esters is 1. The van der Waals surface area contributed by atoms with Crippen LogP contribution in [0.1, 0.15) is 25.7 Å². The first kappa shape index (κ1) is 10.3. The van der Waals surface area contributed by atoms with Crippen LogP contribution in [0.25, 0.3) is 0 Å². The van der Waals surface area contributed by atoms with Gasteiger partial charge in [0.25, 0.3) is 0 Å². The molecule has 1 aliphatic rings. The third kappa shape index (κ3) is 1.61. The average Bonchev–Trinajstić information content (AvgIpc) is 2.48. The van der Waals surface area contributed by atoms with E-state index in [2.05, 4.69) is 6.58 Å². The van der Waals surface area contributed by atoms with E-state index in [9.17, 15) is 4.79 Å². The van der Waals surface area contributed by atoms with Crippen molar-refractivity contribution in [2.24, 2.45) is 11.1 Å². The van der Waals surface area contributed by atoms with Gasteiger partial charge in [0.1, 0.15) is 0 Å². The topological polar surface area (TPSA) is 52.3 Å². The zero-order valence-corrected chi connectivity index (χ0v) is 8.08. The Morgan fingerprint density at radius 2 is 2.54 bits per heavy atom. The summed E-state index contributed by atoms with van der Waals surface area (Å²) in [6.07, 6.45) is 5.11. The Bertz CT molecular complexity index is 215. The molecule has 1 fully saturated rings. The van der Waals surface area contributed by atoms with Crippen molar-refractivity contribution in [2.45, 2.75) is 31.7 Å². The normalized spacial score (nSPS) is 32.9. The van der Waals surface area contributed by atoms with Crippen molar-refractivity contribution in [1.29, 1.82) is 0 Å². The Morgan fingerprint density at radius 1 is 1.85 bits per heavy atom. The number of ether oxygens (including phenoxy) is 1. The molecule has 1 saturated carbocycles. The zero-order valence-electron chi connectivity index (χ0n) is 8.08. The predicted molar refractivity (Wildman–Crippen MR) is 51.1 cm³/mol. The van der Waals surface area contributed by atoms with Crippen LogP contribution in [-0.2, 0) is 9.53 Å². The molecule has 0 aromatic rings. The van der Waals surface area contributed by atoms with E-state index in [-0.39, 0.29) is 12.0 Å². The predicted octanol–water partition coefficient (Wildman–Crippen LogP) is 1.23. The molecule has 0 aromatic carbocycles. The largest absolute Gasteiger partial charge is 0.469 e. The molecule has 2 N–H and O–H groups in total. The summed E-state index contributed by atoms with van der Waals surface area (Å²) in [6, 6.07) is -0.0713. The zero-order chi connectivity index (χ0) is 9.90. The molecular weight excluding hydrogens is 166 g/mol. The van der Waals surface area contributed by atoms with Crippen molar-refractivity contribution in [1.82, 2.24) is 0 Å². The number of allylic oxidation sites excluding steroid dienone is 1. The molecular formula is C10H17NO2. The second kappa shape index (κ2) is 3.92. The van der Waals surface area contributed by atoms with E-state index in [4.69, 9.17) is 10.5 Å². The molecule has 0 heterocycles. The van der Waals surface area contributed by atoms with Gasteiger partial charge in [-0.1, -0.05) is 12.5 Å². The van der Waals surface area contributed by atoms with E-state index >= 15 is 0 Å². The maximum absolute atomic E-state index is 11.6. The molecule has 0 amide bonds. The van der Waals surface area contributed by atoms with Crippen LogP contribution in [0.15, 0.2) is 12.7 Å². The summed E-state index contributed by atoms with van der Waals surface area (Å²) in [7, 11) is 1.41. The van der Waals surface area contributed by atoms with Gasteiger partial charge in [0.05, 0.1) is 12.5 Å². The van der Waals surface area contributed by atoms with Crippen molar-refractivity contribution < 1.29 is 9.53 Å². The fourth-order valence-electron chi connectivity index (χ4n) is 2.15. The van der Waals surface area contributed by atoms with Crippen molar-refractivity contribution >= 4 is 5.97 Å². The average molecular weight is 183 g/mol. The number of methoxy groups -OCH3 is 1. The molecule has 0 radical (unpaired) electrons. The van der Waals surface area contributed by atoms with Crippen molar-refractivity contribution in [3.63, 3.8) is 0 Å². The van der Waals surface area contributed by atoms with Crippen LogP contribution in [0.4, 0.5) is 0 Å². The number of hydrogen-bond donors (Lipinski definition) is 1. The first-order valence-corrected chi connectivity index (χ1v) is 4.62. The van der Waals surface area contributed by atoms with Gasteiger partial charge in [-0.05, 0) is 19.3 Å². The van der Waals surface area contributed by atoms with Crippen molar-refractivity contribution in [3.8, 4) is 0 Å². The molecule has 1 aliphatic carbocycles. The minimum absolute atomic E-state index is 0.0713.